The lowest BCUT2D eigenvalue weighted by Crippen LogP contribution is -2.72. The number of hydrogen-bond donors (Lipinski definition) is 9. The number of rotatable bonds is 9. The number of alkyl carbamates (subject to hydrolysis) is 1. The SMILES string of the molecule is CC1CCC(CNC(=O)OCc2ccccc2)O[C@@H]1OC1C(O)[C@@H](O[C@H]2OC(CO)[C@@H](O)[C@H](N)C2O)[C@H](N)C(O)[C@@H]1N. The Balaban J connectivity index is 1.35. The lowest BCUT2D eigenvalue weighted by atomic mass is 9.81. The van der Waals surface area contributed by atoms with Crippen LogP contribution in [0.1, 0.15) is 25.3 Å². The van der Waals surface area contributed by atoms with E-state index in [1.54, 1.807) is 0 Å². The van der Waals surface area contributed by atoms with Crippen LogP contribution >= 0.6 is 0 Å². The smallest absolute Gasteiger partial charge is 0.407 e. The zero-order chi connectivity index (χ0) is 30.6. The van der Waals surface area contributed by atoms with Gasteiger partial charge in [0.15, 0.2) is 12.6 Å². The van der Waals surface area contributed by atoms with Gasteiger partial charge in [0.1, 0.15) is 43.2 Å². The number of hydrogen-bond acceptors (Lipinski definition) is 14. The first kappa shape index (κ1) is 32.9. The molecule has 2 saturated heterocycles. The number of benzene rings is 1. The molecule has 14 atom stereocenters. The number of ether oxygens (including phenoxy) is 5. The highest BCUT2D eigenvalue weighted by Gasteiger charge is 2.53. The fourth-order valence-corrected chi connectivity index (χ4v) is 5.43. The molecule has 0 spiro atoms. The molecule has 4 rings (SSSR count). The van der Waals surface area contributed by atoms with E-state index >= 15 is 0 Å². The lowest BCUT2D eigenvalue weighted by Gasteiger charge is -2.49. The van der Waals surface area contributed by atoms with E-state index in [2.05, 4.69) is 5.32 Å². The summed E-state index contributed by atoms with van der Waals surface area (Å²) < 4.78 is 28.7. The van der Waals surface area contributed by atoms with Gasteiger partial charge in [-0.1, -0.05) is 37.3 Å². The summed E-state index contributed by atoms with van der Waals surface area (Å²) in [7, 11) is 0. The Labute approximate surface area is 243 Å². The molecule has 1 amide bonds. The molecule has 3 aliphatic rings. The van der Waals surface area contributed by atoms with Crippen LogP contribution < -0.4 is 22.5 Å². The molecule has 1 aromatic rings. The highest BCUT2D eigenvalue weighted by atomic mass is 16.7. The monoisotopic (exact) mass is 600 g/mol. The molecule has 3 fully saturated rings. The minimum Gasteiger partial charge on any atom is -0.445 e. The summed E-state index contributed by atoms with van der Waals surface area (Å²) in [5.41, 5.74) is 19.1. The molecular formula is C27H44N4O11. The van der Waals surface area contributed by atoms with Gasteiger partial charge < -0.3 is 71.7 Å². The Bertz CT molecular complexity index is 994. The van der Waals surface area contributed by atoms with Gasteiger partial charge in [-0.2, -0.15) is 0 Å². The van der Waals surface area contributed by atoms with Gasteiger partial charge >= 0.3 is 6.09 Å². The van der Waals surface area contributed by atoms with Crippen molar-refractivity contribution in [2.45, 2.75) is 106 Å². The average Bonchev–Trinajstić information content (AvgIpc) is 2.99. The molecule has 15 nitrogen and oxygen atoms in total. The van der Waals surface area contributed by atoms with E-state index in [0.29, 0.717) is 12.8 Å². The second kappa shape index (κ2) is 14.7. The van der Waals surface area contributed by atoms with Gasteiger partial charge in [0.2, 0.25) is 0 Å². The summed E-state index contributed by atoms with van der Waals surface area (Å²) in [5.74, 6) is -0.119. The first-order valence-corrected chi connectivity index (χ1v) is 14.2. The Morgan fingerprint density at radius 1 is 0.881 bits per heavy atom. The Hall–Kier alpha value is -1.99. The van der Waals surface area contributed by atoms with Crippen molar-refractivity contribution in [1.29, 1.82) is 0 Å². The molecule has 0 bridgehead atoms. The van der Waals surface area contributed by atoms with Gasteiger partial charge in [-0.15, -0.1) is 0 Å². The van der Waals surface area contributed by atoms with Crippen LogP contribution in [-0.2, 0) is 30.3 Å². The van der Waals surface area contributed by atoms with Crippen LogP contribution in [-0.4, -0.2) is 124 Å². The number of nitrogens with one attached hydrogen (secondary N) is 1. The van der Waals surface area contributed by atoms with E-state index in [-0.39, 0.29) is 19.1 Å². The van der Waals surface area contributed by atoms with Crippen LogP contribution in [0.15, 0.2) is 30.3 Å². The summed E-state index contributed by atoms with van der Waals surface area (Å²) in [6, 6.07) is 5.73. The van der Waals surface area contributed by atoms with Crippen molar-refractivity contribution >= 4 is 6.09 Å². The van der Waals surface area contributed by atoms with Gasteiger partial charge in [-0.25, -0.2) is 4.79 Å². The number of amides is 1. The van der Waals surface area contributed by atoms with Crippen molar-refractivity contribution in [1.82, 2.24) is 5.32 Å². The number of aliphatic hydroxyl groups is 5. The molecule has 1 saturated carbocycles. The maximum Gasteiger partial charge on any atom is 0.407 e. The lowest BCUT2D eigenvalue weighted by molar-refractivity contribution is -0.320. The first-order chi connectivity index (χ1) is 20.0. The number of carbonyl (C=O) groups excluding carboxylic acids is 1. The minimum atomic E-state index is -1.52. The summed E-state index contributed by atoms with van der Waals surface area (Å²) in [5, 5.41) is 54.8. The molecular weight excluding hydrogens is 556 g/mol. The van der Waals surface area contributed by atoms with Crippen molar-refractivity contribution in [2.75, 3.05) is 13.2 Å². The van der Waals surface area contributed by atoms with E-state index in [9.17, 15) is 30.3 Å². The van der Waals surface area contributed by atoms with Crippen LogP contribution in [0.5, 0.6) is 0 Å². The second-order valence-electron chi connectivity index (χ2n) is 11.2. The Morgan fingerprint density at radius 2 is 1.52 bits per heavy atom. The summed E-state index contributed by atoms with van der Waals surface area (Å²) in [4.78, 5) is 12.2. The van der Waals surface area contributed by atoms with Crippen LogP contribution in [0.25, 0.3) is 0 Å². The van der Waals surface area contributed by atoms with E-state index in [0.717, 1.165) is 5.56 Å². The van der Waals surface area contributed by atoms with Gasteiger partial charge in [0.25, 0.3) is 0 Å². The molecule has 0 aromatic heterocycles. The van der Waals surface area contributed by atoms with Crippen molar-refractivity contribution in [2.24, 2.45) is 23.1 Å². The fraction of sp³-hybridized carbons (Fsp3) is 0.741. The van der Waals surface area contributed by atoms with Gasteiger partial charge in [0.05, 0.1) is 36.9 Å². The molecule has 2 heterocycles. The molecule has 15 heteroatoms. The van der Waals surface area contributed by atoms with Gasteiger partial charge in [-0.05, 0) is 18.4 Å². The number of aliphatic hydroxyl groups excluding tert-OH is 5. The van der Waals surface area contributed by atoms with Crippen molar-refractivity contribution in [3.8, 4) is 0 Å². The molecule has 0 radical (unpaired) electrons. The van der Waals surface area contributed by atoms with Crippen LogP contribution in [0, 0.1) is 5.92 Å². The minimum absolute atomic E-state index is 0.119. The highest BCUT2D eigenvalue weighted by Crippen LogP contribution is 2.32. The molecule has 238 valence electrons. The molecule has 1 aromatic carbocycles. The van der Waals surface area contributed by atoms with E-state index in [1.165, 1.54) is 0 Å². The molecule has 1 aliphatic carbocycles. The predicted octanol–water partition coefficient (Wildman–Crippen LogP) is -3.02. The largest absolute Gasteiger partial charge is 0.445 e. The summed E-state index contributed by atoms with van der Waals surface area (Å²) in [6.07, 6.45) is -11.5. The van der Waals surface area contributed by atoms with E-state index in [1.807, 2.05) is 37.3 Å². The summed E-state index contributed by atoms with van der Waals surface area (Å²) in [6.45, 7) is 1.58. The standard InChI is InChI=1S/C27H44N4O11/c1-12-7-8-14(9-31-27(37)38-11-13-5-3-2-4-6-13)39-25(12)41-23-17(29)20(34)18(30)24(22(23)36)42-26-21(35)16(28)19(33)15(10-32)40-26/h2-6,12,14-26,32-36H,7-11,28-30H2,1H3,(H,31,37)/t12?,14?,15?,16-,17-,18+,19+,20?,21?,22?,23?,24-,25+,26+/m0/s1. The molecule has 2 aliphatic heterocycles. The van der Waals surface area contributed by atoms with Crippen LogP contribution in [0.2, 0.25) is 0 Å². The molecule has 7 unspecified atom stereocenters. The Kier molecular flexibility index (Phi) is 11.5. The van der Waals surface area contributed by atoms with Crippen molar-refractivity contribution < 1.29 is 54.0 Å². The predicted molar refractivity (Wildman–Crippen MR) is 145 cm³/mol. The topological polar surface area (TPSA) is 254 Å². The molecule has 12 N–H and O–H groups in total. The first-order valence-electron chi connectivity index (χ1n) is 14.2. The van der Waals surface area contributed by atoms with Gasteiger partial charge in [-0.3, -0.25) is 0 Å². The second-order valence-corrected chi connectivity index (χ2v) is 11.2. The maximum absolute atomic E-state index is 12.2. The Morgan fingerprint density at radius 3 is 2.17 bits per heavy atom. The zero-order valence-electron chi connectivity index (χ0n) is 23.4. The zero-order valence-corrected chi connectivity index (χ0v) is 23.4. The van der Waals surface area contributed by atoms with Crippen molar-refractivity contribution in [3.63, 3.8) is 0 Å². The van der Waals surface area contributed by atoms with E-state index < -0.39 is 92.2 Å². The highest BCUT2D eigenvalue weighted by molar-refractivity contribution is 5.67. The van der Waals surface area contributed by atoms with Crippen LogP contribution in [0.3, 0.4) is 0 Å². The van der Waals surface area contributed by atoms with Gasteiger partial charge in [0, 0.05) is 12.5 Å². The van der Waals surface area contributed by atoms with E-state index in [4.69, 9.17) is 40.9 Å². The van der Waals surface area contributed by atoms with Crippen molar-refractivity contribution in [3.05, 3.63) is 35.9 Å². The molecule has 42 heavy (non-hydrogen) atoms. The third-order valence-electron chi connectivity index (χ3n) is 8.16. The average molecular weight is 601 g/mol. The number of nitrogens with two attached hydrogens (primary N) is 3. The number of carbonyl (C=O) groups is 1. The third kappa shape index (κ3) is 7.56. The third-order valence-corrected chi connectivity index (χ3v) is 8.16. The van der Waals surface area contributed by atoms with Crippen LogP contribution in [0.4, 0.5) is 4.79 Å². The summed E-state index contributed by atoms with van der Waals surface area (Å²) >= 11 is 0. The normalized spacial score (nSPS) is 42.6. The quantitative estimate of drug-likeness (QED) is 0.137. The fourth-order valence-electron chi connectivity index (χ4n) is 5.43. The maximum atomic E-state index is 12.2.